The first-order chi connectivity index (χ1) is 13.2. The van der Waals surface area contributed by atoms with Crippen molar-refractivity contribution in [2.45, 2.75) is 85.0 Å². The van der Waals surface area contributed by atoms with Crippen LogP contribution in [0.15, 0.2) is 0 Å². The molecule has 8 atom stereocenters. The summed E-state index contributed by atoms with van der Waals surface area (Å²) in [6.45, 7) is 6.94. The third-order valence-corrected chi connectivity index (χ3v) is 9.85. The minimum Gasteiger partial charge on any atom is -0.550 e. The third-order valence-electron chi connectivity index (χ3n) is 9.85. The fourth-order valence-corrected chi connectivity index (χ4v) is 8.25. The molecule has 4 nitrogen and oxygen atoms in total. The molecule has 0 amide bonds. The summed E-state index contributed by atoms with van der Waals surface area (Å²) < 4.78 is 0. The van der Waals surface area contributed by atoms with Crippen molar-refractivity contribution in [3.63, 3.8) is 0 Å². The maximum Gasteiger partial charge on any atom is 1.00 e. The Morgan fingerprint density at radius 2 is 1.76 bits per heavy atom. The molecule has 0 spiro atoms. The summed E-state index contributed by atoms with van der Waals surface area (Å²) in [5.41, 5.74) is 0.294. The maximum absolute atomic E-state index is 13.3. The van der Waals surface area contributed by atoms with Crippen molar-refractivity contribution >= 4 is 17.5 Å². The van der Waals surface area contributed by atoms with E-state index in [4.69, 9.17) is 0 Å². The zero-order valence-electron chi connectivity index (χ0n) is 18.7. The smallest absolute Gasteiger partial charge is 0.550 e. The van der Waals surface area contributed by atoms with Crippen LogP contribution in [0.2, 0.25) is 0 Å². The van der Waals surface area contributed by atoms with Crippen LogP contribution in [0.3, 0.4) is 0 Å². The fourth-order valence-electron chi connectivity index (χ4n) is 8.25. The van der Waals surface area contributed by atoms with E-state index in [0.717, 1.165) is 32.1 Å². The molecule has 0 saturated heterocycles. The van der Waals surface area contributed by atoms with Gasteiger partial charge in [0.2, 0.25) is 0 Å². The first kappa shape index (κ1) is 24.1. The second kappa shape index (κ2) is 8.76. The number of aliphatic carboxylic acids is 1. The van der Waals surface area contributed by atoms with Crippen LogP contribution < -0.4 is 56.5 Å². The van der Waals surface area contributed by atoms with Gasteiger partial charge in [0, 0.05) is 31.1 Å². The summed E-state index contributed by atoms with van der Waals surface area (Å²) in [5, 5.41) is 10.9. The summed E-state index contributed by atoms with van der Waals surface area (Å²) in [4.78, 5) is 36.3. The predicted molar refractivity (Wildman–Crippen MR) is 104 cm³/mol. The zero-order chi connectivity index (χ0) is 20.3. The molecule has 4 aliphatic carbocycles. The van der Waals surface area contributed by atoms with Crippen molar-refractivity contribution in [3.8, 4) is 0 Å². The minimum atomic E-state index is -0.955. The minimum absolute atomic E-state index is 0. The number of hydrogen-bond acceptors (Lipinski definition) is 4. The Hall–Kier alpha value is 0.446. The van der Waals surface area contributed by atoms with Gasteiger partial charge in [0.05, 0.1) is 0 Å². The van der Waals surface area contributed by atoms with Crippen LogP contribution in [0.4, 0.5) is 0 Å². The summed E-state index contributed by atoms with van der Waals surface area (Å²) >= 11 is 0. The van der Waals surface area contributed by atoms with E-state index < -0.39 is 5.97 Å². The van der Waals surface area contributed by atoms with E-state index in [1.54, 1.807) is 0 Å². The molecule has 4 rings (SSSR count). The van der Waals surface area contributed by atoms with Crippen molar-refractivity contribution in [3.05, 3.63) is 0 Å². The van der Waals surface area contributed by atoms with Gasteiger partial charge in [-0.2, -0.15) is 0 Å². The van der Waals surface area contributed by atoms with Crippen LogP contribution >= 0.6 is 0 Å². The van der Waals surface area contributed by atoms with E-state index in [1.165, 1.54) is 0 Å². The van der Waals surface area contributed by atoms with Crippen molar-refractivity contribution in [1.82, 2.24) is 0 Å². The number of carbonyl (C=O) groups is 3. The topological polar surface area (TPSA) is 74.3 Å². The van der Waals surface area contributed by atoms with Gasteiger partial charge in [-0.15, -0.1) is 0 Å². The molecule has 0 N–H and O–H groups in total. The molecular formula is C24H35KO4. The van der Waals surface area contributed by atoms with Gasteiger partial charge in [-0.25, -0.2) is 0 Å². The summed E-state index contributed by atoms with van der Waals surface area (Å²) in [5.74, 6) is 1.95. The van der Waals surface area contributed by atoms with Crippen molar-refractivity contribution in [2.75, 3.05) is 0 Å². The second-order valence-electron chi connectivity index (χ2n) is 11.0. The molecule has 156 valence electrons. The zero-order valence-corrected chi connectivity index (χ0v) is 21.8. The van der Waals surface area contributed by atoms with E-state index >= 15 is 0 Å². The molecule has 5 heteroatoms. The predicted octanol–water partition coefficient (Wildman–Crippen LogP) is 0.564. The molecule has 0 aromatic rings. The average Bonchev–Trinajstić information content (AvgIpc) is 2.98. The molecule has 3 unspecified atom stereocenters. The Bertz CT molecular complexity index is 690. The van der Waals surface area contributed by atoms with Crippen molar-refractivity contribution in [2.24, 2.45) is 46.3 Å². The van der Waals surface area contributed by atoms with E-state index in [2.05, 4.69) is 20.8 Å². The normalized spacial score (nSPS) is 44.9. The summed E-state index contributed by atoms with van der Waals surface area (Å²) in [6, 6.07) is 0. The van der Waals surface area contributed by atoms with Gasteiger partial charge in [-0.1, -0.05) is 20.8 Å². The SMILES string of the molecule is C[C@H](CCC(=O)[O-])[C@H]1CCC2C3C(=O)C[C@@H]4CC(=O)CC[C@]4(C)C3CC[C@@]21C.[K+]. The van der Waals surface area contributed by atoms with E-state index in [-0.39, 0.29) is 80.5 Å². The first-order valence-corrected chi connectivity index (χ1v) is 11.4. The van der Waals surface area contributed by atoms with Gasteiger partial charge in [0.1, 0.15) is 11.6 Å². The molecule has 0 heterocycles. The Balaban J connectivity index is 0.00000240. The molecular weight excluding hydrogens is 391 g/mol. The molecule has 0 radical (unpaired) electrons. The Kier molecular flexibility index (Phi) is 7.28. The number of Topliss-reactive ketones (excluding diaryl/α,β-unsaturated/α-hetero) is 2. The van der Waals surface area contributed by atoms with E-state index in [0.29, 0.717) is 60.9 Å². The van der Waals surface area contributed by atoms with Gasteiger partial charge < -0.3 is 9.90 Å². The number of carboxylic acids is 1. The van der Waals surface area contributed by atoms with Gasteiger partial charge in [-0.3, -0.25) is 9.59 Å². The molecule has 0 aromatic carbocycles. The standard InChI is InChI=1S/C24H36O4.K/c1-14(4-7-21(27)28)17-5-6-18-22-19(9-11-24(17,18)3)23(2)10-8-16(25)12-15(23)13-20(22)26;/h14-15,17-19,22H,4-13H2,1-3H3,(H,27,28);/q;+1/p-1/t14-,15+,17-,18?,19?,22?,23+,24-;/m1./s1. The van der Waals surface area contributed by atoms with E-state index in [1.807, 2.05) is 0 Å². The fraction of sp³-hybridized carbons (Fsp3) is 0.875. The molecule has 0 bridgehead atoms. The number of fused-ring (bicyclic) bond motifs is 5. The van der Waals surface area contributed by atoms with Crippen LogP contribution in [0.1, 0.15) is 85.0 Å². The van der Waals surface area contributed by atoms with Crippen LogP contribution in [0.25, 0.3) is 0 Å². The van der Waals surface area contributed by atoms with Crippen molar-refractivity contribution in [1.29, 1.82) is 0 Å². The van der Waals surface area contributed by atoms with Gasteiger partial charge in [0.25, 0.3) is 0 Å². The monoisotopic (exact) mass is 426 g/mol. The number of carbonyl (C=O) groups excluding carboxylic acids is 3. The van der Waals surface area contributed by atoms with Gasteiger partial charge in [-0.05, 0) is 85.4 Å². The van der Waals surface area contributed by atoms with Crippen LogP contribution in [-0.4, -0.2) is 17.5 Å². The Morgan fingerprint density at radius 1 is 1.07 bits per heavy atom. The second-order valence-corrected chi connectivity index (χ2v) is 11.0. The number of carboxylic acid groups (broad SMARTS) is 1. The van der Waals surface area contributed by atoms with Crippen LogP contribution in [-0.2, 0) is 14.4 Å². The number of ketones is 2. The molecule has 4 saturated carbocycles. The van der Waals surface area contributed by atoms with Gasteiger partial charge >= 0.3 is 51.4 Å². The summed E-state index contributed by atoms with van der Waals surface area (Å²) in [7, 11) is 0. The molecule has 4 aliphatic rings. The molecule has 0 aromatic heterocycles. The third kappa shape index (κ3) is 4.01. The number of hydrogen-bond donors (Lipinski definition) is 0. The quantitative estimate of drug-likeness (QED) is 0.616. The largest absolute Gasteiger partial charge is 1.00 e. The Morgan fingerprint density at radius 3 is 2.45 bits per heavy atom. The maximum atomic E-state index is 13.3. The first-order valence-electron chi connectivity index (χ1n) is 11.4. The van der Waals surface area contributed by atoms with E-state index in [9.17, 15) is 19.5 Å². The molecule has 0 aliphatic heterocycles. The van der Waals surface area contributed by atoms with Crippen LogP contribution in [0, 0.1) is 46.3 Å². The van der Waals surface area contributed by atoms with Crippen molar-refractivity contribution < 1.29 is 70.9 Å². The van der Waals surface area contributed by atoms with Gasteiger partial charge in [0.15, 0.2) is 0 Å². The average molecular weight is 427 g/mol. The molecule has 4 fully saturated rings. The van der Waals surface area contributed by atoms with Crippen LogP contribution in [0.5, 0.6) is 0 Å². The Labute approximate surface area is 217 Å². The number of rotatable bonds is 4. The molecule has 29 heavy (non-hydrogen) atoms. The summed E-state index contributed by atoms with van der Waals surface area (Å²) in [6.07, 6.45) is 8.12.